The Morgan fingerprint density at radius 2 is 1.48 bits per heavy atom. The second-order valence-corrected chi connectivity index (χ2v) is 7.14. The number of hydrogen-bond acceptors (Lipinski definition) is 5. The molecule has 0 fully saturated rings. The lowest BCUT2D eigenvalue weighted by atomic mass is 10.1. The van der Waals surface area contributed by atoms with Gasteiger partial charge in [-0.25, -0.2) is 0 Å². The van der Waals surface area contributed by atoms with E-state index in [0.717, 1.165) is 40.8 Å². The van der Waals surface area contributed by atoms with Crippen LogP contribution in [0.1, 0.15) is 29.3 Å². The molecule has 4 nitrogen and oxygen atoms in total. The van der Waals surface area contributed by atoms with Gasteiger partial charge in [-0.3, -0.25) is 4.79 Å². The standard InChI is InChI=1S/C22H27NO3S/c1-4-14-27-15-13-23-21(17-5-9-19(25-2)10-6-17)16-22(24)18-7-11-20(26-3)12-8-18/h5-12,16,23H,4,13-15H2,1-3H3/b21-16-. The molecule has 0 aliphatic carbocycles. The second-order valence-electron chi connectivity index (χ2n) is 5.92. The summed E-state index contributed by atoms with van der Waals surface area (Å²) in [6.45, 7) is 2.98. The molecule has 27 heavy (non-hydrogen) atoms. The molecule has 5 heteroatoms. The number of ketones is 1. The SMILES string of the molecule is CCCSCCN/C(=C\C(=O)c1ccc(OC)cc1)c1ccc(OC)cc1. The fourth-order valence-corrected chi connectivity index (χ4v) is 3.22. The van der Waals surface area contributed by atoms with Crippen molar-refractivity contribution in [2.75, 3.05) is 32.3 Å². The largest absolute Gasteiger partial charge is 0.497 e. The molecule has 144 valence electrons. The molecule has 0 saturated carbocycles. The molecule has 0 aromatic heterocycles. The molecule has 0 radical (unpaired) electrons. The van der Waals surface area contributed by atoms with Gasteiger partial charge in [-0.05, 0) is 66.3 Å². The third kappa shape index (κ3) is 6.68. The van der Waals surface area contributed by atoms with E-state index in [9.17, 15) is 4.79 Å². The Morgan fingerprint density at radius 3 is 2.00 bits per heavy atom. The van der Waals surface area contributed by atoms with Crippen molar-refractivity contribution in [2.24, 2.45) is 0 Å². The van der Waals surface area contributed by atoms with Gasteiger partial charge in [-0.1, -0.05) is 6.92 Å². The van der Waals surface area contributed by atoms with E-state index < -0.39 is 0 Å². The minimum absolute atomic E-state index is 0.0443. The minimum atomic E-state index is -0.0443. The number of nitrogens with one attached hydrogen (secondary N) is 1. The van der Waals surface area contributed by atoms with E-state index in [0.29, 0.717) is 5.56 Å². The highest BCUT2D eigenvalue weighted by atomic mass is 32.2. The van der Waals surface area contributed by atoms with E-state index in [1.807, 2.05) is 36.0 Å². The van der Waals surface area contributed by atoms with Crippen molar-refractivity contribution in [3.8, 4) is 11.5 Å². The molecule has 0 aliphatic heterocycles. The number of rotatable bonds is 11. The maximum atomic E-state index is 12.7. The van der Waals surface area contributed by atoms with E-state index in [1.165, 1.54) is 6.42 Å². The Morgan fingerprint density at radius 1 is 0.926 bits per heavy atom. The molecule has 0 atom stereocenters. The minimum Gasteiger partial charge on any atom is -0.497 e. The molecular weight excluding hydrogens is 358 g/mol. The van der Waals surface area contributed by atoms with E-state index >= 15 is 0 Å². The summed E-state index contributed by atoms with van der Waals surface area (Å²) in [5.74, 6) is 3.62. The zero-order valence-corrected chi connectivity index (χ0v) is 17.0. The molecule has 2 aromatic carbocycles. The van der Waals surface area contributed by atoms with Gasteiger partial charge in [-0.2, -0.15) is 11.8 Å². The van der Waals surface area contributed by atoms with Crippen LogP contribution in [0.2, 0.25) is 0 Å². The highest BCUT2D eigenvalue weighted by molar-refractivity contribution is 7.99. The molecule has 1 N–H and O–H groups in total. The highest BCUT2D eigenvalue weighted by Crippen LogP contribution is 2.19. The summed E-state index contributed by atoms with van der Waals surface area (Å²) >= 11 is 1.91. The second kappa shape index (κ2) is 11.3. The first-order valence-electron chi connectivity index (χ1n) is 9.04. The van der Waals surface area contributed by atoms with Crippen molar-refractivity contribution in [1.82, 2.24) is 5.32 Å². The molecule has 0 heterocycles. The normalized spacial score (nSPS) is 11.1. The Kier molecular flexibility index (Phi) is 8.78. The number of ether oxygens (including phenoxy) is 2. The zero-order valence-electron chi connectivity index (χ0n) is 16.2. The Bertz CT molecular complexity index is 739. The van der Waals surface area contributed by atoms with Crippen molar-refractivity contribution in [2.45, 2.75) is 13.3 Å². The lowest BCUT2D eigenvalue weighted by Gasteiger charge is -2.12. The topological polar surface area (TPSA) is 47.6 Å². The average molecular weight is 386 g/mol. The van der Waals surface area contributed by atoms with Crippen LogP contribution in [0.3, 0.4) is 0 Å². The van der Waals surface area contributed by atoms with Crippen LogP contribution in [0.5, 0.6) is 11.5 Å². The van der Waals surface area contributed by atoms with Gasteiger partial charge in [-0.15, -0.1) is 0 Å². The van der Waals surface area contributed by atoms with Gasteiger partial charge < -0.3 is 14.8 Å². The van der Waals surface area contributed by atoms with Crippen LogP contribution >= 0.6 is 11.8 Å². The molecule has 2 aromatic rings. The third-order valence-electron chi connectivity index (χ3n) is 3.96. The Labute approximate surface area is 166 Å². The monoisotopic (exact) mass is 385 g/mol. The van der Waals surface area contributed by atoms with Crippen molar-refractivity contribution in [3.05, 3.63) is 65.7 Å². The first kappa shape index (κ1) is 20.9. The third-order valence-corrected chi connectivity index (χ3v) is 5.15. The van der Waals surface area contributed by atoms with Crippen LogP contribution in [-0.2, 0) is 0 Å². The lowest BCUT2D eigenvalue weighted by Crippen LogP contribution is -2.17. The van der Waals surface area contributed by atoms with Crippen LogP contribution in [0, 0.1) is 0 Å². The van der Waals surface area contributed by atoms with Gasteiger partial charge >= 0.3 is 0 Å². The molecule has 2 rings (SSSR count). The number of hydrogen-bond donors (Lipinski definition) is 1. The molecule has 0 saturated heterocycles. The fraction of sp³-hybridized carbons (Fsp3) is 0.318. The average Bonchev–Trinajstić information content (AvgIpc) is 2.72. The predicted octanol–water partition coefficient (Wildman–Crippen LogP) is 4.66. The number of thioether (sulfide) groups is 1. The number of methoxy groups -OCH3 is 2. The van der Waals surface area contributed by atoms with Crippen LogP contribution in [0.15, 0.2) is 54.6 Å². The lowest BCUT2D eigenvalue weighted by molar-refractivity contribution is 0.104. The van der Waals surface area contributed by atoms with Gasteiger partial charge in [0.1, 0.15) is 11.5 Å². The molecule has 0 aliphatic rings. The summed E-state index contributed by atoms with van der Waals surface area (Å²) < 4.78 is 10.4. The summed E-state index contributed by atoms with van der Waals surface area (Å²) in [6.07, 6.45) is 2.83. The maximum Gasteiger partial charge on any atom is 0.187 e. The van der Waals surface area contributed by atoms with Gasteiger partial charge in [0.25, 0.3) is 0 Å². The van der Waals surface area contributed by atoms with E-state index in [4.69, 9.17) is 9.47 Å². The quantitative estimate of drug-likeness (QED) is 0.346. The first-order chi connectivity index (χ1) is 13.2. The number of allylic oxidation sites excluding steroid dienone is 1. The van der Waals surface area contributed by atoms with Crippen molar-refractivity contribution in [3.63, 3.8) is 0 Å². The molecule has 0 bridgehead atoms. The van der Waals surface area contributed by atoms with Gasteiger partial charge in [0.15, 0.2) is 5.78 Å². The van der Waals surface area contributed by atoms with Gasteiger partial charge in [0.2, 0.25) is 0 Å². The van der Waals surface area contributed by atoms with Crippen LogP contribution in [0.4, 0.5) is 0 Å². The molecule has 0 spiro atoms. The van der Waals surface area contributed by atoms with Gasteiger partial charge in [0, 0.05) is 29.6 Å². The zero-order chi connectivity index (χ0) is 19.5. The van der Waals surface area contributed by atoms with Crippen LogP contribution in [-0.4, -0.2) is 38.1 Å². The molecule has 0 unspecified atom stereocenters. The number of carbonyl (C=O) groups excluding carboxylic acids is 1. The van der Waals surface area contributed by atoms with Crippen molar-refractivity contribution in [1.29, 1.82) is 0 Å². The summed E-state index contributed by atoms with van der Waals surface area (Å²) in [6, 6.07) is 14.9. The molecular formula is C22H27NO3S. The van der Waals surface area contributed by atoms with E-state index in [-0.39, 0.29) is 5.78 Å². The summed E-state index contributed by atoms with van der Waals surface area (Å²) in [5, 5.41) is 3.41. The first-order valence-corrected chi connectivity index (χ1v) is 10.2. The number of carbonyl (C=O) groups is 1. The highest BCUT2D eigenvalue weighted by Gasteiger charge is 2.08. The summed E-state index contributed by atoms with van der Waals surface area (Å²) in [5.41, 5.74) is 2.40. The number of benzene rings is 2. The molecule has 0 amide bonds. The van der Waals surface area contributed by atoms with E-state index in [2.05, 4.69) is 12.2 Å². The van der Waals surface area contributed by atoms with E-state index in [1.54, 1.807) is 44.6 Å². The van der Waals surface area contributed by atoms with Gasteiger partial charge in [0.05, 0.1) is 14.2 Å². The van der Waals surface area contributed by atoms with Crippen LogP contribution in [0.25, 0.3) is 5.70 Å². The van der Waals surface area contributed by atoms with Crippen LogP contribution < -0.4 is 14.8 Å². The fourth-order valence-electron chi connectivity index (χ4n) is 2.48. The summed E-state index contributed by atoms with van der Waals surface area (Å²) in [7, 11) is 3.25. The van der Waals surface area contributed by atoms with Crippen molar-refractivity contribution >= 4 is 23.2 Å². The summed E-state index contributed by atoms with van der Waals surface area (Å²) in [4.78, 5) is 12.7. The maximum absolute atomic E-state index is 12.7. The Hall–Kier alpha value is -2.40. The Balaban J connectivity index is 2.17. The van der Waals surface area contributed by atoms with Crippen molar-refractivity contribution < 1.29 is 14.3 Å². The smallest absolute Gasteiger partial charge is 0.187 e. The predicted molar refractivity (Wildman–Crippen MR) is 114 cm³/mol.